The quantitative estimate of drug-likeness (QED) is 0.730. The normalized spacial score (nSPS) is 9.79. The number of benzene rings is 1. The van der Waals surface area contributed by atoms with E-state index in [4.69, 9.17) is 9.47 Å². The van der Waals surface area contributed by atoms with Crippen molar-refractivity contribution in [3.05, 3.63) is 54.2 Å². The van der Waals surface area contributed by atoms with Gasteiger partial charge in [0.2, 0.25) is 5.91 Å². The molecule has 0 aliphatic carbocycles. The fourth-order valence-electron chi connectivity index (χ4n) is 1.27. The molecule has 0 fully saturated rings. The SMILES string of the molecule is COC(=CNCC(=O)NC=Cc1ccccc1)OC. The number of nitrogens with one attached hydrogen (secondary N) is 2. The highest BCUT2D eigenvalue weighted by Crippen LogP contribution is 1.99. The van der Waals surface area contributed by atoms with Gasteiger partial charge >= 0.3 is 0 Å². The third-order valence-corrected chi connectivity index (χ3v) is 2.20. The van der Waals surface area contributed by atoms with Crippen LogP contribution in [0.4, 0.5) is 0 Å². The van der Waals surface area contributed by atoms with E-state index in [0.717, 1.165) is 5.56 Å². The lowest BCUT2D eigenvalue weighted by Gasteiger charge is -2.04. The molecule has 0 unspecified atom stereocenters. The molecule has 19 heavy (non-hydrogen) atoms. The second kappa shape index (κ2) is 8.63. The summed E-state index contributed by atoms with van der Waals surface area (Å²) in [4.78, 5) is 11.5. The molecule has 5 nitrogen and oxygen atoms in total. The molecule has 1 aromatic carbocycles. The van der Waals surface area contributed by atoms with E-state index in [-0.39, 0.29) is 12.5 Å². The van der Waals surface area contributed by atoms with Gasteiger partial charge in [-0.3, -0.25) is 4.79 Å². The van der Waals surface area contributed by atoms with Crippen LogP contribution in [0.25, 0.3) is 6.08 Å². The second-order valence-corrected chi connectivity index (χ2v) is 3.56. The zero-order valence-electron chi connectivity index (χ0n) is 11.1. The summed E-state index contributed by atoms with van der Waals surface area (Å²) in [6.45, 7) is 0.134. The van der Waals surface area contributed by atoms with E-state index < -0.39 is 0 Å². The molecule has 2 N–H and O–H groups in total. The average molecular weight is 262 g/mol. The molecular weight excluding hydrogens is 244 g/mol. The molecule has 0 aliphatic heterocycles. The molecule has 0 atom stereocenters. The Labute approximate surface area is 112 Å². The highest BCUT2D eigenvalue weighted by Gasteiger charge is 1.97. The number of hydrogen-bond donors (Lipinski definition) is 2. The van der Waals surface area contributed by atoms with Crippen LogP contribution < -0.4 is 10.6 Å². The summed E-state index contributed by atoms with van der Waals surface area (Å²) in [6.07, 6.45) is 4.92. The van der Waals surface area contributed by atoms with Gasteiger partial charge in [-0.05, 0) is 11.6 Å². The van der Waals surface area contributed by atoms with Gasteiger partial charge in [0.05, 0.1) is 27.0 Å². The summed E-state index contributed by atoms with van der Waals surface area (Å²) in [5.41, 5.74) is 1.02. The topological polar surface area (TPSA) is 59.6 Å². The van der Waals surface area contributed by atoms with E-state index in [0.29, 0.717) is 5.95 Å². The molecule has 1 rings (SSSR count). The van der Waals surface area contributed by atoms with Crippen molar-refractivity contribution in [2.24, 2.45) is 0 Å². The molecule has 0 spiro atoms. The lowest BCUT2D eigenvalue weighted by atomic mass is 10.2. The highest BCUT2D eigenvalue weighted by molar-refractivity contribution is 5.79. The Hall–Kier alpha value is -2.43. The van der Waals surface area contributed by atoms with Crippen LogP contribution in [-0.4, -0.2) is 26.7 Å². The van der Waals surface area contributed by atoms with Crippen LogP contribution in [0.2, 0.25) is 0 Å². The molecule has 0 bridgehead atoms. The van der Waals surface area contributed by atoms with Crippen LogP contribution in [0.15, 0.2) is 48.7 Å². The van der Waals surface area contributed by atoms with Crippen LogP contribution >= 0.6 is 0 Å². The van der Waals surface area contributed by atoms with Crippen molar-refractivity contribution in [2.75, 3.05) is 20.8 Å². The number of hydrogen-bond acceptors (Lipinski definition) is 4. The van der Waals surface area contributed by atoms with Crippen molar-refractivity contribution < 1.29 is 14.3 Å². The van der Waals surface area contributed by atoms with Crippen LogP contribution in [0.5, 0.6) is 0 Å². The van der Waals surface area contributed by atoms with E-state index in [1.807, 2.05) is 36.4 Å². The third kappa shape index (κ3) is 6.16. The first kappa shape index (κ1) is 14.6. The van der Waals surface area contributed by atoms with Gasteiger partial charge in [0.1, 0.15) is 0 Å². The molecule has 1 aromatic rings. The van der Waals surface area contributed by atoms with Gasteiger partial charge in [0.25, 0.3) is 5.95 Å². The summed E-state index contributed by atoms with van der Waals surface area (Å²) < 4.78 is 9.70. The summed E-state index contributed by atoms with van der Waals surface area (Å²) in [6, 6.07) is 9.71. The minimum absolute atomic E-state index is 0.134. The maximum Gasteiger partial charge on any atom is 0.295 e. The van der Waals surface area contributed by atoms with E-state index in [2.05, 4.69) is 10.6 Å². The average Bonchev–Trinajstić information content (AvgIpc) is 2.45. The molecule has 0 aromatic heterocycles. The van der Waals surface area contributed by atoms with Crippen molar-refractivity contribution in [1.29, 1.82) is 0 Å². The fourth-order valence-corrected chi connectivity index (χ4v) is 1.27. The molecule has 0 aliphatic rings. The lowest BCUT2D eigenvalue weighted by molar-refractivity contribution is -0.119. The van der Waals surface area contributed by atoms with Gasteiger partial charge < -0.3 is 20.1 Å². The van der Waals surface area contributed by atoms with Gasteiger partial charge in [0.15, 0.2) is 0 Å². The van der Waals surface area contributed by atoms with E-state index in [1.54, 1.807) is 6.20 Å². The Balaban J connectivity index is 2.29. The molecular formula is C14H18N2O3. The van der Waals surface area contributed by atoms with Crippen molar-refractivity contribution >= 4 is 12.0 Å². The third-order valence-electron chi connectivity index (χ3n) is 2.20. The van der Waals surface area contributed by atoms with E-state index >= 15 is 0 Å². The maximum atomic E-state index is 11.5. The van der Waals surface area contributed by atoms with Crippen LogP contribution in [0, 0.1) is 0 Å². The van der Waals surface area contributed by atoms with Crippen molar-refractivity contribution in [3.63, 3.8) is 0 Å². The zero-order valence-corrected chi connectivity index (χ0v) is 11.1. The largest absolute Gasteiger partial charge is 0.468 e. The summed E-state index contributed by atoms with van der Waals surface area (Å²) in [7, 11) is 2.97. The summed E-state index contributed by atoms with van der Waals surface area (Å²) in [5.74, 6) is 0.155. The molecule has 5 heteroatoms. The number of carbonyl (C=O) groups excluding carboxylic acids is 1. The van der Waals surface area contributed by atoms with Crippen LogP contribution in [-0.2, 0) is 14.3 Å². The summed E-state index contributed by atoms with van der Waals surface area (Å²) >= 11 is 0. The molecule has 0 heterocycles. The van der Waals surface area contributed by atoms with E-state index in [1.165, 1.54) is 20.4 Å². The maximum absolute atomic E-state index is 11.5. The molecule has 0 radical (unpaired) electrons. The molecule has 0 saturated heterocycles. The first-order valence-electron chi connectivity index (χ1n) is 5.78. The monoisotopic (exact) mass is 262 g/mol. The van der Waals surface area contributed by atoms with Crippen LogP contribution in [0.1, 0.15) is 5.56 Å². The zero-order chi connectivity index (χ0) is 13.9. The lowest BCUT2D eigenvalue weighted by Crippen LogP contribution is -2.28. The Kier molecular flexibility index (Phi) is 6.65. The van der Waals surface area contributed by atoms with E-state index in [9.17, 15) is 4.79 Å². The number of ether oxygens (including phenoxy) is 2. The fraction of sp³-hybridized carbons (Fsp3) is 0.214. The number of amides is 1. The predicted molar refractivity (Wildman–Crippen MR) is 73.7 cm³/mol. The first-order chi connectivity index (χ1) is 9.26. The highest BCUT2D eigenvalue weighted by atomic mass is 16.7. The minimum atomic E-state index is -0.157. The molecule has 1 amide bonds. The number of rotatable bonds is 7. The van der Waals surface area contributed by atoms with Crippen molar-refractivity contribution in [2.45, 2.75) is 0 Å². The Morgan fingerprint density at radius 2 is 1.89 bits per heavy atom. The van der Waals surface area contributed by atoms with Crippen molar-refractivity contribution in [1.82, 2.24) is 10.6 Å². The smallest absolute Gasteiger partial charge is 0.295 e. The number of carbonyl (C=O) groups is 1. The molecule has 0 saturated carbocycles. The Bertz CT molecular complexity index is 435. The standard InChI is InChI=1S/C14H18N2O3/c1-18-14(19-2)11-15-10-13(17)16-9-8-12-6-4-3-5-7-12/h3-9,11,15H,10H2,1-2H3,(H,16,17). The van der Waals surface area contributed by atoms with Gasteiger partial charge in [-0.15, -0.1) is 0 Å². The van der Waals surface area contributed by atoms with Crippen molar-refractivity contribution in [3.8, 4) is 0 Å². The second-order valence-electron chi connectivity index (χ2n) is 3.56. The number of methoxy groups -OCH3 is 2. The Morgan fingerprint density at radius 1 is 1.21 bits per heavy atom. The Morgan fingerprint density at radius 3 is 2.53 bits per heavy atom. The summed E-state index contributed by atoms with van der Waals surface area (Å²) in [5, 5.41) is 5.43. The van der Waals surface area contributed by atoms with Gasteiger partial charge in [0, 0.05) is 6.20 Å². The first-order valence-corrected chi connectivity index (χ1v) is 5.78. The predicted octanol–water partition coefficient (Wildman–Crippen LogP) is 1.45. The van der Waals surface area contributed by atoms with Gasteiger partial charge in [-0.1, -0.05) is 30.3 Å². The van der Waals surface area contributed by atoms with Gasteiger partial charge in [-0.2, -0.15) is 0 Å². The minimum Gasteiger partial charge on any atom is -0.468 e. The molecule has 102 valence electrons. The van der Waals surface area contributed by atoms with Gasteiger partial charge in [-0.25, -0.2) is 0 Å². The van der Waals surface area contributed by atoms with Crippen LogP contribution in [0.3, 0.4) is 0 Å².